The number of hydrogen-bond donors (Lipinski definition) is 0. The minimum absolute atomic E-state index is 0.0234. The van der Waals surface area contributed by atoms with Gasteiger partial charge in [0.15, 0.2) is 0 Å². The molecule has 0 bridgehead atoms. The van der Waals surface area contributed by atoms with E-state index in [1.807, 2.05) is 6.08 Å². The third-order valence-electron chi connectivity index (χ3n) is 6.18. The molecule has 0 saturated carbocycles. The van der Waals surface area contributed by atoms with E-state index in [9.17, 15) is 14.9 Å². The van der Waals surface area contributed by atoms with Gasteiger partial charge in [0.25, 0.3) is 11.5 Å². The molecule has 3 aliphatic heterocycles. The summed E-state index contributed by atoms with van der Waals surface area (Å²) < 4.78 is 7.75. The van der Waals surface area contributed by atoms with Gasteiger partial charge in [0, 0.05) is 32.3 Å². The molecular formula is C22H26N4O3S2. The second-order valence-electron chi connectivity index (χ2n) is 8.19. The van der Waals surface area contributed by atoms with Crippen LogP contribution < -0.4 is 10.5 Å². The highest BCUT2D eigenvalue weighted by Gasteiger charge is 2.35. The number of hydrogen-bond acceptors (Lipinski definition) is 7. The standard InChI is InChI=1S/C22H26N4O3S2/c1-14-16(11-18-21(28)26(22(30)31-18)13-15-7-6-10-29-15)19(25-8-4-3-5-9-25)24(2)20(27)17(14)12-23/h11,15H,3-10,13H2,1-2H3. The number of ether oxygens (including phenoxy) is 1. The smallest absolute Gasteiger partial charge is 0.270 e. The van der Waals surface area contributed by atoms with Crippen LogP contribution in [0.3, 0.4) is 0 Å². The highest BCUT2D eigenvalue weighted by Crippen LogP contribution is 2.36. The van der Waals surface area contributed by atoms with Gasteiger partial charge in [0.2, 0.25) is 0 Å². The van der Waals surface area contributed by atoms with Gasteiger partial charge in [-0.1, -0.05) is 24.0 Å². The number of amides is 1. The number of thioether (sulfide) groups is 1. The Morgan fingerprint density at radius 2 is 2.00 bits per heavy atom. The number of carbonyl (C=O) groups excluding carboxylic acids is 1. The molecule has 4 heterocycles. The molecule has 7 nitrogen and oxygen atoms in total. The monoisotopic (exact) mass is 458 g/mol. The maximum Gasteiger partial charge on any atom is 0.270 e. The lowest BCUT2D eigenvalue weighted by Gasteiger charge is -2.32. The third-order valence-corrected chi connectivity index (χ3v) is 7.56. The Morgan fingerprint density at radius 3 is 2.65 bits per heavy atom. The number of rotatable bonds is 4. The summed E-state index contributed by atoms with van der Waals surface area (Å²) >= 11 is 6.76. The van der Waals surface area contributed by atoms with Crippen molar-refractivity contribution in [1.82, 2.24) is 9.47 Å². The minimum Gasteiger partial charge on any atom is -0.376 e. The summed E-state index contributed by atoms with van der Waals surface area (Å²) in [6.07, 6.45) is 7.04. The Kier molecular flexibility index (Phi) is 6.51. The molecular weight excluding hydrogens is 432 g/mol. The maximum atomic E-state index is 13.2. The van der Waals surface area contributed by atoms with Crippen LogP contribution in [0.5, 0.6) is 0 Å². The lowest BCUT2D eigenvalue weighted by Crippen LogP contribution is -2.36. The lowest BCUT2D eigenvalue weighted by atomic mass is 10.0. The maximum absolute atomic E-state index is 13.2. The molecule has 0 spiro atoms. The van der Waals surface area contributed by atoms with Gasteiger partial charge in [-0.15, -0.1) is 0 Å². The summed E-state index contributed by atoms with van der Waals surface area (Å²) in [5, 5.41) is 9.59. The van der Waals surface area contributed by atoms with Gasteiger partial charge in [-0.25, -0.2) is 0 Å². The van der Waals surface area contributed by atoms with Crippen molar-refractivity contribution in [1.29, 1.82) is 5.26 Å². The fourth-order valence-electron chi connectivity index (χ4n) is 4.48. The largest absolute Gasteiger partial charge is 0.376 e. The van der Waals surface area contributed by atoms with E-state index < -0.39 is 0 Å². The summed E-state index contributed by atoms with van der Waals surface area (Å²) in [5.41, 5.74) is 1.17. The van der Waals surface area contributed by atoms with Crippen molar-refractivity contribution < 1.29 is 9.53 Å². The van der Waals surface area contributed by atoms with Crippen LogP contribution in [0.15, 0.2) is 9.70 Å². The van der Waals surface area contributed by atoms with Gasteiger partial charge in [0.05, 0.1) is 17.6 Å². The minimum atomic E-state index is -0.302. The SMILES string of the molecule is Cc1c(C=C2SC(=S)N(CC3CCCO3)C2=O)c(N2CCCCC2)n(C)c(=O)c1C#N. The molecule has 164 valence electrons. The van der Waals surface area contributed by atoms with Crippen LogP contribution in [-0.4, -0.2) is 52.0 Å². The average Bonchev–Trinajstić information content (AvgIpc) is 3.37. The number of anilines is 1. The van der Waals surface area contributed by atoms with Crippen molar-refractivity contribution in [3.05, 3.63) is 31.9 Å². The molecule has 3 saturated heterocycles. The van der Waals surface area contributed by atoms with E-state index in [0.29, 0.717) is 21.3 Å². The summed E-state index contributed by atoms with van der Waals surface area (Å²) in [6, 6.07) is 2.05. The molecule has 0 N–H and O–H groups in total. The molecule has 1 amide bonds. The van der Waals surface area contributed by atoms with Crippen LogP contribution in [0.1, 0.15) is 48.8 Å². The highest BCUT2D eigenvalue weighted by molar-refractivity contribution is 8.26. The second kappa shape index (κ2) is 9.15. The zero-order valence-corrected chi connectivity index (χ0v) is 19.5. The van der Waals surface area contributed by atoms with Crippen molar-refractivity contribution >= 4 is 46.1 Å². The van der Waals surface area contributed by atoms with Gasteiger partial charge in [-0.05, 0) is 50.7 Å². The summed E-state index contributed by atoms with van der Waals surface area (Å²) in [5.74, 6) is 0.632. The van der Waals surface area contributed by atoms with E-state index in [-0.39, 0.29) is 23.1 Å². The van der Waals surface area contributed by atoms with Crippen LogP contribution in [0, 0.1) is 18.3 Å². The summed E-state index contributed by atoms with van der Waals surface area (Å²) in [4.78, 5) is 30.3. The molecule has 1 aromatic rings. The molecule has 9 heteroatoms. The number of thiocarbonyl (C=S) groups is 1. The number of carbonyl (C=O) groups is 1. The normalized spacial score (nSPS) is 23.1. The summed E-state index contributed by atoms with van der Waals surface area (Å²) in [6.45, 7) is 4.67. The Morgan fingerprint density at radius 1 is 1.26 bits per heavy atom. The van der Waals surface area contributed by atoms with Crippen LogP contribution in [0.25, 0.3) is 6.08 Å². The van der Waals surface area contributed by atoms with E-state index in [1.165, 1.54) is 11.8 Å². The number of nitrogens with zero attached hydrogens (tertiary/aromatic N) is 4. The fraction of sp³-hybridized carbons (Fsp3) is 0.545. The Balaban J connectivity index is 1.76. The molecule has 3 aliphatic rings. The Labute approximate surface area is 191 Å². The molecule has 0 aromatic carbocycles. The third kappa shape index (κ3) is 4.16. The van der Waals surface area contributed by atoms with Crippen molar-refractivity contribution in [3.8, 4) is 6.07 Å². The number of nitriles is 1. The van der Waals surface area contributed by atoms with Gasteiger partial charge in [-0.2, -0.15) is 5.26 Å². The van der Waals surface area contributed by atoms with Crippen LogP contribution in [0.2, 0.25) is 0 Å². The molecule has 1 aromatic heterocycles. The zero-order valence-electron chi connectivity index (χ0n) is 17.8. The van der Waals surface area contributed by atoms with Gasteiger partial charge in [0.1, 0.15) is 21.8 Å². The number of pyridine rings is 1. The summed E-state index contributed by atoms with van der Waals surface area (Å²) in [7, 11) is 1.70. The van der Waals surface area contributed by atoms with Crippen LogP contribution >= 0.6 is 24.0 Å². The predicted molar refractivity (Wildman–Crippen MR) is 126 cm³/mol. The van der Waals surface area contributed by atoms with E-state index >= 15 is 0 Å². The average molecular weight is 459 g/mol. The number of aromatic nitrogens is 1. The van der Waals surface area contributed by atoms with Crippen molar-refractivity contribution in [2.75, 3.05) is 31.1 Å². The van der Waals surface area contributed by atoms with Crippen molar-refractivity contribution in [2.45, 2.75) is 45.1 Å². The molecule has 1 unspecified atom stereocenters. The Hall–Kier alpha value is -2.15. The lowest BCUT2D eigenvalue weighted by molar-refractivity contribution is -0.123. The molecule has 3 fully saturated rings. The number of piperidine rings is 1. The molecule has 31 heavy (non-hydrogen) atoms. The Bertz CT molecular complexity index is 1040. The van der Waals surface area contributed by atoms with Gasteiger partial charge >= 0.3 is 0 Å². The van der Waals surface area contributed by atoms with Crippen LogP contribution in [-0.2, 0) is 16.6 Å². The highest BCUT2D eigenvalue weighted by atomic mass is 32.2. The first kappa shape index (κ1) is 22.1. The second-order valence-corrected chi connectivity index (χ2v) is 9.86. The zero-order chi connectivity index (χ0) is 22.1. The first-order valence-corrected chi connectivity index (χ1v) is 11.9. The molecule has 0 radical (unpaired) electrons. The topological polar surface area (TPSA) is 78.6 Å². The quantitative estimate of drug-likeness (QED) is 0.507. The molecule has 4 rings (SSSR count). The van der Waals surface area contributed by atoms with E-state index in [4.69, 9.17) is 17.0 Å². The van der Waals surface area contributed by atoms with E-state index in [0.717, 1.165) is 63.2 Å². The fourth-order valence-corrected chi connectivity index (χ4v) is 5.74. The van der Waals surface area contributed by atoms with E-state index in [2.05, 4.69) is 11.0 Å². The van der Waals surface area contributed by atoms with Gasteiger partial charge < -0.3 is 9.64 Å². The van der Waals surface area contributed by atoms with Crippen molar-refractivity contribution in [3.63, 3.8) is 0 Å². The molecule has 1 atom stereocenters. The first-order valence-electron chi connectivity index (χ1n) is 10.7. The van der Waals surface area contributed by atoms with E-state index in [1.54, 1.807) is 23.4 Å². The predicted octanol–water partition coefficient (Wildman–Crippen LogP) is 2.94. The molecule has 0 aliphatic carbocycles. The van der Waals surface area contributed by atoms with Crippen molar-refractivity contribution in [2.24, 2.45) is 7.05 Å². The van der Waals surface area contributed by atoms with Crippen LogP contribution in [0.4, 0.5) is 5.82 Å². The van der Waals surface area contributed by atoms with Gasteiger partial charge in [-0.3, -0.25) is 19.1 Å². The first-order chi connectivity index (χ1) is 14.9.